The Kier molecular flexibility index (Phi) is 4.76. The number of thiocarbonyl (C=S) groups is 1. The van der Waals surface area contributed by atoms with E-state index in [1.807, 2.05) is 42.7 Å². The lowest BCUT2D eigenvalue weighted by Crippen LogP contribution is -2.36. The number of aryl methyl sites for hydroxylation is 1. The van der Waals surface area contributed by atoms with Gasteiger partial charge in [0.1, 0.15) is 5.75 Å². The Hall–Kier alpha value is -2.14. The predicted molar refractivity (Wildman–Crippen MR) is 96.8 cm³/mol. The standard InChI is InChI=1S/C18H21N3OS/c1-13-11-16(22-2)5-6-17(13)20-18(23)21(15-3-4-15)12-14-7-9-19-10-8-14/h5-11,15H,3-4,12H2,1-2H3,(H,20,23). The van der Waals surface area contributed by atoms with E-state index in [0.29, 0.717) is 6.04 Å². The molecule has 0 spiro atoms. The van der Waals surface area contributed by atoms with Gasteiger partial charge in [0.2, 0.25) is 0 Å². The molecule has 0 aliphatic heterocycles. The first-order chi connectivity index (χ1) is 11.2. The topological polar surface area (TPSA) is 37.4 Å². The molecule has 4 nitrogen and oxygen atoms in total. The van der Waals surface area contributed by atoms with Crippen LogP contribution in [0.4, 0.5) is 5.69 Å². The third kappa shape index (κ3) is 3.99. The van der Waals surface area contributed by atoms with Crippen LogP contribution in [0.3, 0.4) is 0 Å². The van der Waals surface area contributed by atoms with Gasteiger partial charge in [0, 0.05) is 30.7 Å². The molecule has 1 aromatic heterocycles. The molecule has 2 aromatic rings. The molecular formula is C18H21N3OS. The molecule has 1 saturated carbocycles. The van der Waals surface area contributed by atoms with E-state index >= 15 is 0 Å². The smallest absolute Gasteiger partial charge is 0.173 e. The van der Waals surface area contributed by atoms with Gasteiger partial charge in [-0.1, -0.05) is 0 Å². The summed E-state index contributed by atoms with van der Waals surface area (Å²) in [5.74, 6) is 0.856. The Morgan fingerprint density at radius 1 is 1.30 bits per heavy atom. The molecule has 1 aliphatic carbocycles. The van der Waals surface area contributed by atoms with Gasteiger partial charge in [-0.3, -0.25) is 4.98 Å². The van der Waals surface area contributed by atoms with Crippen LogP contribution in [0.25, 0.3) is 0 Å². The highest BCUT2D eigenvalue weighted by Gasteiger charge is 2.31. The zero-order valence-electron chi connectivity index (χ0n) is 13.5. The number of methoxy groups -OCH3 is 1. The van der Waals surface area contributed by atoms with Crippen molar-refractivity contribution >= 4 is 23.0 Å². The van der Waals surface area contributed by atoms with E-state index in [4.69, 9.17) is 17.0 Å². The van der Waals surface area contributed by atoms with Crippen molar-refractivity contribution in [2.75, 3.05) is 12.4 Å². The monoisotopic (exact) mass is 327 g/mol. The molecule has 1 fully saturated rings. The maximum absolute atomic E-state index is 5.66. The zero-order chi connectivity index (χ0) is 16.2. The molecule has 0 radical (unpaired) electrons. The maximum atomic E-state index is 5.66. The predicted octanol–water partition coefficient (Wildman–Crippen LogP) is 3.76. The van der Waals surface area contributed by atoms with Gasteiger partial charge in [0.05, 0.1) is 7.11 Å². The number of pyridine rings is 1. The Bertz CT molecular complexity index is 686. The van der Waals surface area contributed by atoms with Gasteiger partial charge < -0.3 is 15.0 Å². The van der Waals surface area contributed by atoms with Crippen LogP contribution in [-0.2, 0) is 6.54 Å². The lowest BCUT2D eigenvalue weighted by molar-refractivity contribution is 0.409. The SMILES string of the molecule is COc1ccc(NC(=S)N(Cc2ccncc2)C2CC2)c(C)c1. The van der Waals surface area contributed by atoms with E-state index < -0.39 is 0 Å². The van der Waals surface area contributed by atoms with Gasteiger partial charge in [-0.25, -0.2) is 0 Å². The third-order valence-electron chi connectivity index (χ3n) is 4.03. The first-order valence-corrected chi connectivity index (χ1v) is 8.19. The summed E-state index contributed by atoms with van der Waals surface area (Å²) in [4.78, 5) is 6.35. The van der Waals surface area contributed by atoms with Crippen molar-refractivity contribution in [3.8, 4) is 5.75 Å². The van der Waals surface area contributed by atoms with Crippen molar-refractivity contribution in [2.24, 2.45) is 0 Å². The summed E-state index contributed by atoms with van der Waals surface area (Å²) >= 11 is 5.66. The molecule has 0 amide bonds. The van der Waals surface area contributed by atoms with Crippen molar-refractivity contribution in [2.45, 2.75) is 32.4 Å². The van der Waals surface area contributed by atoms with Crippen molar-refractivity contribution in [1.29, 1.82) is 0 Å². The number of hydrogen-bond donors (Lipinski definition) is 1. The second-order valence-electron chi connectivity index (χ2n) is 5.83. The highest BCUT2D eigenvalue weighted by Crippen LogP contribution is 2.30. The summed E-state index contributed by atoms with van der Waals surface area (Å²) in [6.45, 7) is 2.87. The number of benzene rings is 1. The second kappa shape index (κ2) is 6.96. The fourth-order valence-corrected chi connectivity index (χ4v) is 2.85. The summed E-state index contributed by atoms with van der Waals surface area (Å²) in [5.41, 5.74) is 3.37. The normalized spacial score (nSPS) is 13.5. The Balaban J connectivity index is 1.72. The number of nitrogens with one attached hydrogen (secondary N) is 1. The molecule has 0 unspecified atom stereocenters. The van der Waals surface area contributed by atoms with E-state index in [-0.39, 0.29) is 0 Å². The largest absolute Gasteiger partial charge is 0.497 e. The minimum atomic E-state index is 0.543. The van der Waals surface area contributed by atoms with E-state index in [9.17, 15) is 0 Å². The van der Waals surface area contributed by atoms with Crippen molar-refractivity contribution < 1.29 is 4.74 Å². The Morgan fingerprint density at radius 3 is 2.65 bits per heavy atom. The molecule has 0 atom stereocenters. The van der Waals surface area contributed by atoms with Crippen LogP contribution in [0.5, 0.6) is 5.75 Å². The van der Waals surface area contributed by atoms with Gasteiger partial charge >= 0.3 is 0 Å². The summed E-state index contributed by atoms with van der Waals surface area (Å²) in [5, 5.41) is 4.16. The summed E-state index contributed by atoms with van der Waals surface area (Å²) in [6, 6.07) is 10.6. The lowest BCUT2D eigenvalue weighted by Gasteiger charge is -2.26. The number of aromatic nitrogens is 1. The molecule has 1 aromatic carbocycles. The van der Waals surface area contributed by atoms with E-state index in [1.54, 1.807) is 7.11 Å². The average Bonchev–Trinajstić information content (AvgIpc) is 3.40. The zero-order valence-corrected chi connectivity index (χ0v) is 14.3. The molecule has 3 rings (SSSR count). The first-order valence-electron chi connectivity index (χ1n) is 7.78. The summed E-state index contributed by atoms with van der Waals surface area (Å²) < 4.78 is 5.25. The molecule has 1 N–H and O–H groups in total. The molecule has 23 heavy (non-hydrogen) atoms. The maximum Gasteiger partial charge on any atom is 0.173 e. The highest BCUT2D eigenvalue weighted by molar-refractivity contribution is 7.80. The Morgan fingerprint density at radius 2 is 2.04 bits per heavy atom. The second-order valence-corrected chi connectivity index (χ2v) is 6.21. The van der Waals surface area contributed by atoms with Crippen LogP contribution in [0.1, 0.15) is 24.0 Å². The fourth-order valence-electron chi connectivity index (χ4n) is 2.53. The number of rotatable bonds is 5. The minimum absolute atomic E-state index is 0.543. The lowest BCUT2D eigenvalue weighted by atomic mass is 10.2. The molecular weight excluding hydrogens is 306 g/mol. The van der Waals surface area contributed by atoms with E-state index in [2.05, 4.69) is 22.1 Å². The first kappa shape index (κ1) is 15.7. The van der Waals surface area contributed by atoms with Gasteiger partial charge in [0.15, 0.2) is 5.11 Å². The van der Waals surface area contributed by atoms with Crippen LogP contribution >= 0.6 is 12.2 Å². The van der Waals surface area contributed by atoms with Crippen LogP contribution < -0.4 is 10.1 Å². The number of ether oxygens (including phenoxy) is 1. The Labute approximate surface area is 142 Å². The molecule has 1 heterocycles. The van der Waals surface area contributed by atoms with Gasteiger partial charge in [0.25, 0.3) is 0 Å². The van der Waals surface area contributed by atoms with E-state index in [1.165, 1.54) is 18.4 Å². The molecule has 0 saturated heterocycles. The molecule has 0 bridgehead atoms. The van der Waals surface area contributed by atoms with Gasteiger partial charge in [-0.15, -0.1) is 0 Å². The molecule has 5 heteroatoms. The number of nitrogens with zero attached hydrogens (tertiary/aromatic N) is 2. The molecule has 1 aliphatic rings. The average molecular weight is 327 g/mol. The van der Waals surface area contributed by atoms with Crippen molar-refractivity contribution in [1.82, 2.24) is 9.88 Å². The van der Waals surface area contributed by atoms with Gasteiger partial charge in [-0.05, 0) is 73.4 Å². The fraction of sp³-hybridized carbons (Fsp3) is 0.333. The van der Waals surface area contributed by atoms with E-state index in [0.717, 1.165) is 28.7 Å². The van der Waals surface area contributed by atoms with Crippen LogP contribution in [0, 0.1) is 6.92 Å². The molecule has 120 valence electrons. The minimum Gasteiger partial charge on any atom is -0.497 e. The van der Waals surface area contributed by atoms with Crippen LogP contribution in [-0.4, -0.2) is 28.1 Å². The quantitative estimate of drug-likeness (QED) is 0.846. The van der Waals surface area contributed by atoms with Crippen LogP contribution in [0.2, 0.25) is 0 Å². The van der Waals surface area contributed by atoms with Crippen LogP contribution in [0.15, 0.2) is 42.7 Å². The summed E-state index contributed by atoms with van der Waals surface area (Å²) in [7, 11) is 1.68. The van der Waals surface area contributed by atoms with Gasteiger partial charge in [-0.2, -0.15) is 0 Å². The van der Waals surface area contributed by atoms with Crippen molar-refractivity contribution in [3.05, 3.63) is 53.9 Å². The van der Waals surface area contributed by atoms with Crippen molar-refractivity contribution in [3.63, 3.8) is 0 Å². The number of anilines is 1. The summed E-state index contributed by atoms with van der Waals surface area (Å²) in [6.07, 6.45) is 6.05. The number of hydrogen-bond acceptors (Lipinski definition) is 3. The third-order valence-corrected chi connectivity index (χ3v) is 4.36. The highest BCUT2D eigenvalue weighted by atomic mass is 32.1.